The highest BCUT2D eigenvalue weighted by molar-refractivity contribution is 14.0. The van der Waals surface area contributed by atoms with Crippen molar-refractivity contribution in [3.8, 4) is 5.75 Å². The predicted molar refractivity (Wildman–Crippen MR) is 138 cm³/mol. The van der Waals surface area contributed by atoms with Gasteiger partial charge in [0.1, 0.15) is 5.75 Å². The van der Waals surface area contributed by atoms with Crippen molar-refractivity contribution in [2.75, 3.05) is 59.0 Å². The first kappa shape index (κ1) is 27.0. The van der Waals surface area contributed by atoms with Gasteiger partial charge in [0, 0.05) is 44.8 Å². The highest BCUT2D eigenvalue weighted by atomic mass is 127. The number of unbranched alkanes of at least 4 members (excludes halogenated alkanes) is 1. The summed E-state index contributed by atoms with van der Waals surface area (Å²) in [5, 5.41) is 6.83. The van der Waals surface area contributed by atoms with Crippen LogP contribution in [0, 0.1) is 6.92 Å². The summed E-state index contributed by atoms with van der Waals surface area (Å²) in [4.78, 5) is 9.89. The van der Waals surface area contributed by atoms with Crippen molar-refractivity contribution >= 4 is 29.9 Å². The van der Waals surface area contributed by atoms with Crippen LogP contribution in [-0.2, 0) is 6.54 Å². The molecule has 7 heteroatoms. The minimum absolute atomic E-state index is 0. The van der Waals surface area contributed by atoms with Gasteiger partial charge in [0.15, 0.2) is 5.96 Å². The van der Waals surface area contributed by atoms with Crippen molar-refractivity contribution in [3.63, 3.8) is 0 Å². The molecule has 0 saturated carbocycles. The Labute approximate surface area is 200 Å². The number of nitrogens with zero attached hydrogens (tertiary/aromatic N) is 3. The largest absolute Gasteiger partial charge is 0.494 e. The number of aliphatic imine (C=N–C) groups is 1. The maximum atomic E-state index is 5.78. The number of hydrogen-bond acceptors (Lipinski definition) is 4. The third-order valence-electron chi connectivity index (χ3n) is 5.38. The Hall–Kier alpha value is -1.06. The van der Waals surface area contributed by atoms with E-state index < -0.39 is 0 Å². The summed E-state index contributed by atoms with van der Waals surface area (Å²) in [6, 6.07) is 6.33. The van der Waals surface area contributed by atoms with Crippen molar-refractivity contribution in [1.29, 1.82) is 0 Å². The molecule has 0 aromatic heterocycles. The van der Waals surface area contributed by atoms with Crippen LogP contribution in [0.15, 0.2) is 23.2 Å². The first-order valence-electron chi connectivity index (χ1n) is 11.4. The van der Waals surface area contributed by atoms with Crippen molar-refractivity contribution in [2.45, 2.75) is 47.1 Å². The summed E-state index contributed by atoms with van der Waals surface area (Å²) in [5.74, 6) is 1.82. The lowest BCUT2D eigenvalue weighted by atomic mass is 10.1. The van der Waals surface area contributed by atoms with Crippen LogP contribution in [0.2, 0.25) is 0 Å². The van der Waals surface area contributed by atoms with E-state index in [1.165, 1.54) is 51.3 Å². The fourth-order valence-corrected chi connectivity index (χ4v) is 3.58. The number of likely N-dealkylation sites (N-methyl/N-ethyl adjacent to an activating group) is 1. The van der Waals surface area contributed by atoms with Crippen LogP contribution >= 0.6 is 24.0 Å². The highest BCUT2D eigenvalue weighted by Crippen LogP contribution is 2.21. The average Bonchev–Trinajstić information content (AvgIpc) is 2.73. The zero-order chi connectivity index (χ0) is 20.9. The quantitative estimate of drug-likeness (QED) is 0.198. The highest BCUT2D eigenvalue weighted by Gasteiger charge is 2.14. The van der Waals surface area contributed by atoms with Crippen LogP contribution in [0.25, 0.3) is 0 Å². The molecule has 0 spiro atoms. The van der Waals surface area contributed by atoms with Gasteiger partial charge in [-0.15, -0.1) is 24.0 Å². The maximum absolute atomic E-state index is 5.78. The fourth-order valence-electron chi connectivity index (χ4n) is 3.58. The Balaban J connectivity index is 0.00000450. The number of benzene rings is 1. The van der Waals surface area contributed by atoms with Crippen LogP contribution in [0.4, 0.5) is 0 Å². The summed E-state index contributed by atoms with van der Waals surface area (Å²) < 4.78 is 5.78. The van der Waals surface area contributed by atoms with E-state index in [1.54, 1.807) is 0 Å². The predicted octanol–water partition coefficient (Wildman–Crippen LogP) is 3.48. The van der Waals surface area contributed by atoms with E-state index >= 15 is 0 Å². The molecule has 1 aliphatic heterocycles. The van der Waals surface area contributed by atoms with E-state index in [9.17, 15) is 0 Å². The third-order valence-corrected chi connectivity index (χ3v) is 5.38. The number of rotatable bonds is 11. The third kappa shape index (κ3) is 9.83. The molecule has 1 aromatic carbocycles. The van der Waals surface area contributed by atoms with Gasteiger partial charge in [-0.05, 0) is 58.3 Å². The molecule has 0 radical (unpaired) electrons. The topological polar surface area (TPSA) is 52.1 Å². The molecular formula is C23H42IN5O. The Kier molecular flexibility index (Phi) is 14.1. The number of guanidine groups is 1. The smallest absolute Gasteiger partial charge is 0.191 e. The van der Waals surface area contributed by atoms with E-state index in [0.29, 0.717) is 13.2 Å². The molecule has 0 amide bonds. The van der Waals surface area contributed by atoms with Crippen LogP contribution < -0.4 is 15.4 Å². The first-order chi connectivity index (χ1) is 14.2. The molecule has 1 saturated heterocycles. The summed E-state index contributed by atoms with van der Waals surface area (Å²) in [7, 11) is 0. The van der Waals surface area contributed by atoms with Gasteiger partial charge >= 0.3 is 0 Å². The molecule has 30 heavy (non-hydrogen) atoms. The van der Waals surface area contributed by atoms with Crippen LogP contribution in [-0.4, -0.2) is 74.7 Å². The van der Waals surface area contributed by atoms with Gasteiger partial charge in [-0.2, -0.15) is 0 Å². The lowest BCUT2D eigenvalue weighted by Crippen LogP contribution is -2.46. The van der Waals surface area contributed by atoms with Gasteiger partial charge in [0.25, 0.3) is 0 Å². The molecule has 2 N–H and O–H groups in total. The molecule has 0 aliphatic carbocycles. The molecule has 1 aromatic rings. The zero-order valence-corrected chi connectivity index (χ0v) is 21.7. The molecule has 1 fully saturated rings. The minimum Gasteiger partial charge on any atom is -0.494 e. The number of halogens is 1. The van der Waals surface area contributed by atoms with Crippen molar-refractivity contribution in [3.05, 3.63) is 29.3 Å². The van der Waals surface area contributed by atoms with Crippen LogP contribution in [0.5, 0.6) is 5.75 Å². The summed E-state index contributed by atoms with van der Waals surface area (Å²) in [6.45, 7) is 18.8. The fraction of sp³-hybridized carbons (Fsp3) is 0.696. The standard InChI is InChI=1S/C23H41N5O.HI/c1-5-24-23(26-19-21-11-10-20(4)18-22(21)29-7-3)25-12-8-9-13-28-16-14-27(6-2)15-17-28;/h10-11,18H,5-9,12-17,19H2,1-4H3,(H2,24,25,26);1H. The Morgan fingerprint density at radius 2 is 1.77 bits per heavy atom. The van der Waals surface area contributed by atoms with Gasteiger partial charge in [-0.3, -0.25) is 0 Å². The second-order valence-corrected chi connectivity index (χ2v) is 7.65. The Morgan fingerprint density at radius 1 is 1.03 bits per heavy atom. The first-order valence-corrected chi connectivity index (χ1v) is 11.4. The lowest BCUT2D eigenvalue weighted by Gasteiger charge is -2.34. The maximum Gasteiger partial charge on any atom is 0.191 e. The summed E-state index contributed by atoms with van der Waals surface area (Å²) in [5.41, 5.74) is 2.34. The molecule has 0 atom stereocenters. The normalized spacial score (nSPS) is 15.5. The molecule has 6 nitrogen and oxygen atoms in total. The summed E-state index contributed by atoms with van der Waals surface area (Å²) >= 11 is 0. The molecule has 0 unspecified atom stereocenters. The van der Waals surface area contributed by atoms with E-state index in [2.05, 4.69) is 59.4 Å². The van der Waals surface area contributed by atoms with Gasteiger partial charge in [-0.25, -0.2) is 4.99 Å². The zero-order valence-electron chi connectivity index (χ0n) is 19.4. The van der Waals surface area contributed by atoms with E-state index in [4.69, 9.17) is 9.73 Å². The molecular weight excluding hydrogens is 489 g/mol. The number of hydrogen-bond donors (Lipinski definition) is 2. The van der Waals surface area contributed by atoms with E-state index in [-0.39, 0.29) is 24.0 Å². The molecule has 1 aliphatic rings. The monoisotopic (exact) mass is 531 g/mol. The van der Waals surface area contributed by atoms with Gasteiger partial charge in [-0.1, -0.05) is 19.1 Å². The Morgan fingerprint density at radius 3 is 2.43 bits per heavy atom. The second kappa shape index (κ2) is 15.7. The van der Waals surface area contributed by atoms with Gasteiger partial charge in [0.05, 0.1) is 13.2 Å². The van der Waals surface area contributed by atoms with Crippen molar-refractivity contribution < 1.29 is 4.74 Å². The second-order valence-electron chi connectivity index (χ2n) is 7.65. The summed E-state index contributed by atoms with van der Waals surface area (Å²) in [6.07, 6.45) is 2.39. The number of aryl methyl sites for hydroxylation is 1. The molecule has 2 rings (SSSR count). The van der Waals surface area contributed by atoms with E-state index in [1.807, 2.05) is 6.92 Å². The molecule has 0 bridgehead atoms. The lowest BCUT2D eigenvalue weighted by molar-refractivity contribution is 0.136. The minimum atomic E-state index is 0. The number of ether oxygens (including phenoxy) is 1. The van der Waals surface area contributed by atoms with Crippen molar-refractivity contribution in [2.24, 2.45) is 4.99 Å². The molecule has 1 heterocycles. The number of piperazine rings is 1. The number of nitrogens with one attached hydrogen (secondary N) is 2. The SMILES string of the molecule is CCNC(=NCc1ccc(C)cc1OCC)NCCCCN1CCN(CC)CC1.I. The average molecular weight is 532 g/mol. The van der Waals surface area contributed by atoms with Crippen LogP contribution in [0.3, 0.4) is 0 Å². The van der Waals surface area contributed by atoms with Gasteiger partial charge < -0.3 is 25.2 Å². The Bertz CT molecular complexity index is 618. The van der Waals surface area contributed by atoms with Gasteiger partial charge in [0.2, 0.25) is 0 Å². The van der Waals surface area contributed by atoms with E-state index in [0.717, 1.165) is 36.8 Å². The molecule has 172 valence electrons. The van der Waals surface area contributed by atoms with Crippen molar-refractivity contribution in [1.82, 2.24) is 20.4 Å². The van der Waals surface area contributed by atoms with Crippen LogP contribution in [0.1, 0.15) is 44.7 Å².